The molecule has 0 radical (unpaired) electrons. The molecule has 2 unspecified atom stereocenters. The topological polar surface area (TPSA) is 75.4 Å². The minimum Gasteiger partial charge on any atom is -0.356 e. The molecule has 1 aliphatic carbocycles. The molecule has 1 saturated carbocycles. The molecule has 0 aromatic rings. The van der Waals surface area contributed by atoms with Gasteiger partial charge in [0.25, 0.3) is 0 Å². The number of rotatable bonds is 5. The van der Waals surface area contributed by atoms with Gasteiger partial charge in [-0.2, -0.15) is 0 Å². The fourth-order valence-corrected chi connectivity index (χ4v) is 3.61. The van der Waals surface area contributed by atoms with E-state index in [2.05, 4.69) is 12.2 Å². The van der Waals surface area contributed by atoms with Crippen molar-refractivity contribution in [2.24, 2.45) is 17.6 Å². The molecule has 1 heterocycles. The van der Waals surface area contributed by atoms with Crippen molar-refractivity contribution in [2.75, 3.05) is 19.6 Å². The Morgan fingerprint density at radius 2 is 1.73 bits per heavy atom. The van der Waals surface area contributed by atoms with Gasteiger partial charge in [-0.05, 0) is 32.1 Å². The summed E-state index contributed by atoms with van der Waals surface area (Å²) in [6, 6.07) is 0.226. The zero-order valence-corrected chi connectivity index (χ0v) is 13.9. The Labute approximate surface area is 134 Å². The standard InChI is InChI=1S/C17H31N3O2/c1-2-3-10-19-16(21)14-6-4-5-7-15(14)17(22)20-11-8-13(18)9-12-20/h13-15H,2-12,18H2,1H3,(H,19,21). The average molecular weight is 309 g/mol. The second-order valence-electron chi connectivity index (χ2n) is 6.80. The molecule has 2 amide bonds. The molecule has 0 bridgehead atoms. The third kappa shape index (κ3) is 4.45. The van der Waals surface area contributed by atoms with Crippen LogP contribution in [-0.4, -0.2) is 42.4 Å². The Balaban J connectivity index is 1.93. The molecule has 0 spiro atoms. The Hall–Kier alpha value is -1.10. The summed E-state index contributed by atoms with van der Waals surface area (Å²) in [6.07, 6.45) is 7.65. The molecule has 3 N–H and O–H groups in total. The molecule has 2 rings (SSSR count). The van der Waals surface area contributed by atoms with E-state index in [1.165, 1.54) is 0 Å². The fourth-order valence-electron chi connectivity index (χ4n) is 3.61. The van der Waals surface area contributed by atoms with Crippen LogP contribution < -0.4 is 11.1 Å². The maximum Gasteiger partial charge on any atom is 0.226 e. The van der Waals surface area contributed by atoms with Crippen molar-refractivity contribution in [2.45, 2.75) is 64.3 Å². The molecule has 0 aromatic heterocycles. The van der Waals surface area contributed by atoms with Crippen molar-refractivity contribution >= 4 is 11.8 Å². The van der Waals surface area contributed by atoms with Crippen LogP contribution in [0.2, 0.25) is 0 Å². The lowest BCUT2D eigenvalue weighted by Gasteiger charge is -2.37. The third-order valence-corrected chi connectivity index (χ3v) is 5.10. The maximum absolute atomic E-state index is 12.8. The van der Waals surface area contributed by atoms with Gasteiger partial charge in [-0.25, -0.2) is 0 Å². The molecular weight excluding hydrogens is 278 g/mol. The van der Waals surface area contributed by atoms with Crippen LogP contribution in [0.4, 0.5) is 0 Å². The van der Waals surface area contributed by atoms with Gasteiger partial charge < -0.3 is 16.0 Å². The molecule has 0 aromatic carbocycles. The van der Waals surface area contributed by atoms with Crippen LogP contribution in [0.25, 0.3) is 0 Å². The number of likely N-dealkylation sites (tertiary alicyclic amines) is 1. The van der Waals surface area contributed by atoms with Crippen LogP contribution in [0.1, 0.15) is 58.3 Å². The predicted octanol–water partition coefficient (Wildman–Crippen LogP) is 1.66. The Morgan fingerprint density at radius 3 is 2.36 bits per heavy atom. The number of nitrogens with zero attached hydrogens (tertiary/aromatic N) is 1. The summed E-state index contributed by atoms with van der Waals surface area (Å²) < 4.78 is 0. The summed E-state index contributed by atoms with van der Waals surface area (Å²) in [6.45, 7) is 4.34. The van der Waals surface area contributed by atoms with Gasteiger partial charge in [0, 0.05) is 37.5 Å². The molecule has 2 aliphatic rings. The summed E-state index contributed by atoms with van der Waals surface area (Å²) in [4.78, 5) is 27.2. The molecular formula is C17H31N3O2. The molecule has 2 atom stereocenters. The van der Waals surface area contributed by atoms with Gasteiger partial charge in [0.1, 0.15) is 0 Å². The number of hydrogen-bond acceptors (Lipinski definition) is 3. The van der Waals surface area contributed by atoms with Crippen molar-refractivity contribution in [3.63, 3.8) is 0 Å². The number of piperidine rings is 1. The quantitative estimate of drug-likeness (QED) is 0.758. The van der Waals surface area contributed by atoms with Crippen molar-refractivity contribution in [3.05, 3.63) is 0 Å². The monoisotopic (exact) mass is 309 g/mol. The lowest BCUT2D eigenvalue weighted by Crippen LogP contribution is -2.49. The van der Waals surface area contributed by atoms with E-state index in [-0.39, 0.29) is 29.7 Å². The van der Waals surface area contributed by atoms with Crippen LogP contribution >= 0.6 is 0 Å². The maximum atomic E-state index is 12.8. The molecule has 126 valence electrons. The summed E-state index contributed by atoms with van der Waals surface area (Å²) in [5, 5.41) is 3.02. The van der Waals surface area contributed by atoms with E-state index in [4.69, 9.17) is 5.73 Å². The van der Waals surface area contributed by atoms with E-state index in [1.807, 2.05) is 4.90 Å². The first-order valence-electron chi connectivity index (χ1n) is 8.95. The highest BCUT2D eigenvalue weighted by Crippen LogP contribution is 2.32. The smallest absolute Gasteiger partial charge is 0.226 e. The number of carbonyl (C=O) groups excluding carboxylic acids is 2. The minimum absolute atomic E-state index is 0.0835. The van der Waals surface area contributed by atoms with E-state index in [9.17, 15) is 9.59 Å². The summed E-state index contributed by atoms with van der Waals surface area (Å²) in [5.41, 5.74) is 5.92. The summed E-state index contributed by atoms with van der Waals surface area (Å²) in [5.74, 6) is 0.0147. The molecule has 2 fully saturated rings. The molecule has 1 aliphatic heterocycles. The second-order valence-corrected chi connectivity index (χ2v) is 6.80. The van der Waals surface area contributed by atoms with E-state index in [1.54, 1.807) is 0 Å². The largest absolute Gasteiger partial charge is 0.356 e. The van der Waals surface area contributed by atoms with Gasteiger partial charge in [0.2, 0.25) is 11.8 Å². The predicted molar refractivity (Wildman–Crippen MR) is 87.2 cm³/mol. The zero-order chi connectivity index (χ0) is 15.9. The normalized spacial score (nSPS) is 26.7. The number of hydrogen-bond donors (Lipinski definition) is 2. The second kappa shape index (κ2) is 8.51. The van der Waals surface area contributed by atoms with Gasteiger partial charge in [0.15, 0.2) is 0 Å². The van der Waals surface area contributed by atoms with Gasteiger partial charge in [0.05, 0.1) is 0 Å². The minimum atomic E-state index is -0.131. The first-order chi connectivity index (χ1) is 10.6. The van der Waals surface area contributed by atoms with Crippen LogP contribution in [0.15, 0.2) is 0 Å². The summed E-state index contributed by atoms with van der Waals surface area (Å²) in [7, 11) is 0. The summed E-state index contributed by atoms with van der Waals surface area (Å²) >= 11 is 0. The molecule has 5 nitrogen and oxygen atoms in total. The van der Waals surface area contributed by atoms with Crippen molar-refractivity contribution in [1.29, 1.82) is 0 Å². The van der Waals surface area contributed by atoms with Gasteiger partial charge in [-0.3, -0.25) is 9.59 Å². The number of unbranched alkanes of at least 4 members (excludes halogenated alkanes) is 1. The Morgan fingerprint density at radius 1 is 1.09 bits per heavy atom. The fraction of sp³-hybridized carbons (Fsp3) is 0.882. The molecule has 5 heteroatoms. The van der Waals surface area contributed by atoms with E-state index >= 15 is 0 Å². The third-order valence-electron chi connectivity index (χ3n) is 5.10. The van der Waals surface area contributed by atoms with Crippen molar-refractivity contribution in [1.82, 2.24) is 10.2 Å². The number of carbonyl (C=O) groups is 2. The first kappa shape index (κ1) is 17.3. The van der Waals surface area contributed by atoms with E-state index in [0.717, 1.165) is 71.0 Å². The van der Waals surface area contributed by atoms with Crippen molar-refractivity contribution < 1.29 is 9.59 Å². The number of nitrogens with two attached hydrogens (primary N) is 1. The van der Waals surface area contributed by atoms with Crippen molar-refractivity contribution in [3.8, 4) is 0 Å². The van der Waals surface area contributed by atoms with Crippen LogP contribution in [0, 0.1) is 11.8 Å². The Bertz CT molecular complexity index is 378. The lowest BCUT2D eigenvalue weighted by molar-refractivity contribution is -0.144. The van der Waals surface area contributed by atoms with Crippen LogP contribution in [-0.2, 0) is 9.59 Å². The number of nitrogens with one attached hydrogen (secondary N) is 1. The molecule has 22 heavy (non-hydrogen) atoms. The number of amides is 2. The van der Waals surface area contributed by atoms with Crippen LogP contribution in [0.3, 0.4) is 0 Å². The van der Waals surface area contributed by atoms with Gasteiger partial charge in [-0.1, -0.05) is 26.2 Å². The SMILES string of the molecule is CCCCNC(=O)C1CCCCC1C(=O)N1CCC(N)CC1. The van der Waals surface area contributed by atoms with E-state index < -0.39 is 0 Å². The van der Waals surface area contributed by atoms with E-state index in [0.29, 0.717) is 0 Å². The highest BCUT2D eigenvalue weighted by molar-refractivity contribution is 5.88. The van der Waals surface area contributed by atoms with Crippen LogP contribution in [0.5, 0.6) is 0 Å². The average Bonchev–Trinajstić information content (AvgIpc) is 2.55. The Kier molecular flexibility index (Phi) is 6.68. The zero-order valence-electron chi connectivity index (χ0n) is 13.9. The highest BCUT2D eigenvalue weighted by Gasteiger charge is 2.38. The molecule has 1 saturated heterocycles. The highest BCUT2D eigenvalue weighted by atomic mass is 16.2. The first-order valence-corrected chi connectivity index (χ1v) is 8.95. The lowest BCUT2D eigenvalue weighted by atomic mass is 9.77. The van der Waals surface area contributed by atoms with Gasteiger partial charge >= 0.3 is 0 Å². The van der Waals surface area contributed by atoms with Gasteiger partial charge in [-0.15, -0.1) is 0 Å².